The van der Waals surface area contributed by atoms with Gasteiger partial charge in [-0.3, -0.25) is 10.2 Å². The maximum atomic E-state index is 12.4. The molecule has 1 heterocycles. The van der Waals surface area contributed by atoms with Crippen LogP contribution in [0.15, 0.2) is 15.3 Å². The van der Waals surface area contributed by atoms with E-state index in [9.17, 15) is 4.79 Å². The van der Waals surface area contributed by atoms with Gasteiger partial charge in [-0.2, -0.15) is 0 Å². The Morgan fingerprint density at radius 1 is 1.24 bits per heavy atom. The van der Waals surface area contributed by atoms with Crippen LogP contribution < -0.4 is 10.2 Å². The molecule has 1 aromatic heterocycles. The molecule has 0 radical (unpaired) electrons. The highest BCUT2D eigenvalue weighted by Crippen LogP contribution is 2.33. The Kier molecular flexibility index (Phi) is 4.02. The van der Waals surface area contributed by atoms with Gasteiger partial charge in [-0.15, -0.1) is 0 Å². The van der Waals surface area contributed by atoms with Gasteiger partial charge in [-0.25, -0.2) is 0 Å². The van der Waals surface area contributed by atoms with Crippen molar-refractivity contribution in [3.8, 4) is 5.75 Å². The molecule has 2 rings (SSSR count). The number of nitrogens with one attached hydrogen (secondary N) is 1. The van der Waals surface area contributed by atoms with Crippen LogP contribution in [0.2, 0.25) is 0 Å². The lowest BCUT2D eigenvalue weighted by Crippen LogP contribution is -2.12. The summed E-state index contributed by atoms with van der Waals surface area (Å²) in [5.74, 6) is 0.698. The van der Waals surface area contributed by atoms with E-state index in [1.807, 2.05) is 20.8 Å². The first-order valence-electron chi connectivity index (χ1n) is 6.75. The first-order valence-corrected chi connectivity index (χ1v) is 6.75. The van der Waals surface area contributed by atoms with Gasteiger partial charge in [0.1, 0.15) is 11.3 Å². The average Bonchev–Trinajstić information content (AvgIpc) is 2.45. The SMILES string of the molecule is CCOC(=N)c1cc(=O)c2c(C)c(OC)c(C)c(C)c2o1. The zero-order valence-electron chi connectivity index (χ0n) is 12.9. The monoisotopic (exact) mass is 289 g/mol. The predicted molar refractivity (Wildman–Crippen MR) is 81.7 cm³/mol. The van der Waals surface area contributed by atoms with Crippen LogP contribution in [0.1, 0.15) is 29.4 Å². The molecule has 112 valence electrons. The molecule has 0 spiro atoms. The summed E-state index contributed by atoms with van der Waals surface area (Å²) in [6.45, 7) is 7.74. The fourth-order valence-corrected chi connectivity index (χ4v) is 2.48. The smallest absolute Gasteiger partial charge is 0.250 e. The van der Waals surface area contributed by atoms with Crippen LogP contribution in [0.25, 0.3) is 11.0 Å². The molecule has 0 aliphatic heterocycles. The molecule has 21 heavy (non-hydrogen) atoms. The van der Waals surface area contributed by atoms with Crippen molar-refractivity contribution in [2.24, 2.45) is 0 Å². The number of ether oxygens (including phenoxy) is 2. The molecule has 1 aromatic carbocycles. The second-order valence-electron chi connectivity index (χ2n) is 4.85. The zero-order chi connectivity index (χ0) is 15.7. The summed E-state index contributed by atoms with van der Waals surface area (Å²) in [5.41, 5.74) is 2.78. The minimum atomic E-state index is -0.199. The normalized spacial score (nSPS) is 10.7. The predicted octanol–water partition coefficient (Wildman–Crippen LogP) is 3.09. The van der Waals surface area contributed by atoms with Crippen LogP contribution in [-0.4, -0.2) is 19.6 Å². The molecule has 0 saturated carbocycles. The summed E-state index contributed by atoms with van der Waals surface area (Å²) in [6.07, 6.45) is 0. The summed E-state index contributed by atoms with van der Waals surface area (Å²) in [4.78, 5) is 12.4. The standard InChI is InChI=1S/C16H19NO4/c1-6-20-16(17)12-7-11(18)13-10(4)14(19-5)8(2)9(3)15(13)21-12/h7,17H,6H2,1-5H3. The second-order valence-corrected chi connectivity index (χ2v) is 4.85. The molecular weight excluding hydrogens is 270 g/mol. The second kappa shape index (κ2) is 5.60. The van der Waals surface area contributed by atoms with Gasteiger partial charge in [0.15, 0.2) is 11.2 Å². The van der Waals surface area contributed by atoms with E-state index in [1.165, 1.54) is 6.07 Å². The number of benzene rings is 1. The van der Waals surface area contributed by atoms with Crippen LogP contribution in [0.5, 0.6) is 5.75 Å². The molecule has 0 aliphatic rings. The van der Waals surface area contributed by atoms with Crippen molar-refractivity contribution in [2.75, 3.05) is 13.7 Å². The van der Waals surface area contributed by atoms with Gasteiger partial charge >= 0.3 is 0 Å². The highest BCUT2D eigenvalue weighted by Gasteiger charge is 2.19. The van der Waals surface area contributed by atoms with Crippen LogP contribution >= 0.6 is 0 Å². The molecule has 0 fully saturated rings. The van der Waals surface area contributed by atoms with Crippen molar-refractivity contribution in [2.45, 2.75) is 27.7 Å². The topological polar surface area (TPSA) is 72.5 Å². The molecule has 0 saturated heterocycles. The van der Waals surface area contributed by atoms with Crippen molar-refractivity contribution >= 4 is 16.9 Å². The third-order valence-electron chi connectivity index (χ3n) is 3.62. The first-order chi connectivity index (χ1) is 9.92. The van der Waals surface area contributed by atoms with Gasteiger partial charge < -0.3 is 13.9 Å². The maximum absolute atomic E-state index is 12.4. The van der Waals surface area contributed by atoms with Crippen LogP contribution in [-0.2, 0) is 4.74 Å². The lowest BCUT2D eigenvalue weighted by atomic mass is 9.99. The number of fused-ring (bicyclic) bond motifs is 1. The highest BCUT2D eigenvalue weighted by molar-refractivity contribution is 5.93. The third-order valence-corrected chi connectivity index (χ3v) is 3.62. The molecule has 1 N–H and O–H groups in total. The average molecular weight is 289 g/mol. The van der Waals surface area contributed by atoms with Crippen molar-refractivity contribution in [1.29, 1.82) is 5.41 Å². The molecule has 5 heteroatoms. The van der Waals surface area contributed by atoms with Crippen molar-refractivity contribution in [1.82, 2.24) is 0 Å². The summed E-state index contributed by atoms with van der Waals surface area (Å²) < 4.78 is 16.2. The number of methoxy groups -OCH3 is 1. The molecule has 0 aliphatic carbocycles. The Balaban J connectivity index is 2.85. The van der Waals surface area contributed by atoms with E-state index in [4.69, 9.17) is 19.3 Å². The van der Waals surface area contributed by atoms with E-state index in [2.05, 4.69) is 0 Å². The Labute approximate surface area is 123 Å². The van der Waals surface area contributed by atoms with E-state index in [-0.39, 0.29) is 17.1 Å². The molecular formula is C16H19NO4. The van der Waals surface area contributed by atoms with Crippen LogP contribution in [0, 0.1) is 26.2 Å². The summed E-state index contributed by atoms with van der Waals surface area (Å²) in [5, 5.41) is 8.27. The summed E-state index contributed by atoms with van der Waals surface area (Å²) >= 11 is 0. The van der Waals surface area contributed by atoms with Gasteiger partial charge in [-0.05, 0) is 38.8 Å². The first kappa shape index (κ1) is 15.1. The highest BCUT2D eigenvalue weighted by atomic mass is 16.5. The number of hydrogen-bond acceptors (Lipinski definition) is 5. The third kappa shape index (κ3) is 2.39. The molecule has 2 aromatic rings. The minimum absolute atomic E-state index is 0.137. The Hall–Kier alpha value is -2.30. The lowest BCUT2D eigenvalue weighted by molar-refractivity contribution is 0.316. The minimum Gasteiger partial charge on any atom is -0.496 e. The largest absolute Gasteiger partial charge is 0.496 e. The van der Waals surface area contributed by atoms with E-state index in [0.717, 1.165) is 16.7 Å². The van der Waals surface area contributed by atoms with Crippen molar-refractivity contribution in [3.05, 3.63) is 38.7 Å². The fourth-order valence-electron chi connectivity index (χ4n) is 2.48. The van der Waals surface area contributed by atoms with Crippen molar-refractivity contribution < 1.29 is 13.9 Å². The number of hydrogen-bond donors (Lipinski definition) is 1. The molecule has 5 nitrogen and oxygen atoms in total. The molecule has 0 atom stereocenters. The molecule has 0 unspecified atom stereocenters. The lowest BCUT2D eigenvalue weighted by Gasteiger charge is -2.15. The Morgan fingerprint density at radius 3 is 2.48 bits per heavy atom. The summed E-state index contributed by atoms with van der Waals surface area (Å²) in [6, 6.07) is 1.29. The van der Waals surface area contributed by atoms with E-state index in [1.54, 1.807) is 14.0 Å². The van der Waals surface area contributed by atoms with Gasteiger partial charge in [0.2, 0.25) is 5.90 Å². The van der Waals surface area contributed by atoms with Gasteiger partial charge in [-0.1, -0.05) is 0 Å². The quantitative estimate of drug-likeness (QED) is 0.696. The molecule has 0 amide bonds. The number of rotatable bonds is 3. The van der Waals surface area contributed by atoms with E-state index < -0.39 is 0 Å². The Bertz CT molecular complexity index is 774. The maximum Gasteiger partial charge on any atom is 0.250 e. The van der Waals surface area contributed by atoms with Crippen LogP contribution in [0.4, 0.5) is 0 Å². The van der Waals surface area contributed by atoms with Gasteiger partial charge in [0.25, 0.3) is 0 Å². The Morgan fingerprint density at radius 2 is 1.90 bits per heavy atom. The molecule has 0 bridgehead atoms. The zero-order valence-corrected chi connectivity index (χ0v) is 12.9. The summed E-state index contributed by atoms with van der Waals surface area (Å²) in [7, 11) is 1.58. The van der Waals surface area contributed by atoms with Gasteiger partial charge in [0, 0.05) is 11.6 Å². The number of aryl methyl sites for hydroxylation is 2. The van der Waals surface area contributed by atoms with E-state index in [0.29, 0.717) is 23.3 Å². The fraction of sp³-hybridized carbons (Fsp3) is 0.375. The van der Waals surface area contributed by atoms with Crippen LogP contribution in [0.3, 0.4) is 0 Å². The van der Waals surface area contributed by atoms with Crippen molar-refractivity contribution in [3.63, 3.8) is 0 Å². The van der Waals surface area contributed by atoms with Gasteiger partial charge in [0.05, 0.1) is 19.1 Å². The van der Waals surface area contributed by atoms with E-state index >= 15 is 0 Å².